The van der Waals surface area contributed by atoms with Crippen molar-refractivity contribution in [3.8, 4) is 0 Å². The molecule has 1 saturated carbocycles. The Kier molecular flexibility index (Phi) is 3.94. The number of rotatable bonds is 4. The van der Waals surface area contributed by atoms with Gasteiger partial charge in [0.05, 0.1) is 11.3 Å². The molecule has 4 nitrogen and oxygen atoms in total. The standard InChI is InChI=1S/C12H22N2O2/c1-8(2)9(10(13)15)12(11(14)16)6-4-3-5-7-12/h8-9H,3-7H2,1-2H3,(H2,13,15)(H2,14,16). The van der Waals surface area contributed by atoms with Crippen LogP contribution < -0.4 is 11.5 Å². The zero-order valence-corrected chi connectivity index (χ0v) is 10.2. The molecule has 2 amide bonds. The van der Waals surface area contributed by atoms with Crippen LogP contribution in [0.5, 0.6) is 0 Å². The van der Waals surface area contributed by atoms with E-state index in [1.165, 1.54) is 0 Å². The Morgan fingerprint density at radius 3 is 1.88 bits per heavy atom. The van der Waals surface area contributed by atoms with Crippen LogP contribution in [0.4, 0.5) is 0 Å². The summed E-state index contributed by atoms with van der Waals surface area (Å²) in [6.45, 7) is 3.85. The van der Waals surface area contributed by atoms with Crippen molar-refractivity contribution >= 4 is 11.8 Å². The summed E-state index contributed by atoms with van der Waals surface area (Å²) in [4.78, 5) is 23.3. The molecule has 1 aliphatic rings. The molecule has 0 aromatic heterocycles. The normalized spacial score (nSPS) is 21.7. The first kappa shape index (κ1) is 13.0. The zero-order chi connectivity index (χ0) is 12.3. The number of carbonyl (C=O) groups excluding carboxylic acids is 2. The van der Waals surface area contributed by atoms with E-state index in [9.17, 15) is 9.59 Å². The Hall–Kier alpha value is -1.06. The maximum atomic E-state index is 11.7. The van der Waals surface area contributed by atoms with Gasteiger partial charge in [-0.05, 0) is 18.8 Å². The summed E-state index contributed by atoms with van der Waals surface area (Å²) in [5.74, 6) is -1.12. The predicted molar refractivity (Wildman–Crippen MR) is 62.2 cm³/mol. The maximum absolute atomic E-state index is 11.7. The van der Waals surface area contributed by atoms with Gasteiger partial charge in [-0.1, -0.05) is 33.1 Å². The van der Waals surface area contributed by atoms with Gasteiger partial charge >= 0.3 is 0 Å². The molecule has 92 valence electrons. The lowest BCUT2D eigenvalue weighted by molar-refractivity contribution is -0.143. The molecule has 16 heavy (non-hydrogen) atoms. The van der Waals surface area contributed by atoms with Crippen LogP contribution in [-0.2, 0) is 9.59 Å². The highest BCUT2D eigenvalue weighted by Gasteiger charge is 2.48. The molecule has 1 atom stereocenters. The number of amides is 2. The van der Waals surface area contributed by atoms with E-state index in [4.69, 9.17) is 11.5 Å². The fourth-order valence-electron chi connectivity index (χ4n) is 3.13. The van der Waals surface area contributed by atoms with Gasteiger partial charge in [0.15, 0.2) is 0 Å². The molecule has 0 spiro atoms. The second kappa shape index (κ2) is 4.85. The van der Waals surface area contributed by atoms with E-state index in [1.807, 2.05) is 13.8 Å². The summed E-state index contributed by atoms with van der Waals surface area (Å²) in [6.07, 6.45) is 4.43. The van der Waals surface area contributed by atoms with Gasteiger partial charge in [0, 0.05) is 0 Å². The van der Waals surface area contributed by atoms with Crippen molar-refractivity contribution < 1.29 is 9.59 Å². The maximum Gasteiger partial charge on any atom is 0.224 e. The van der Waals surface area contributed by atoms with Gasteiger partial charge in [-0.3, -0.25) is 9.59 Å². The molecule has 0 aliphatic heterocycles. The van der Waals surface area contributed by atoms with E-state index in [0.717, 1.165) is 19.3 Å². The summed E-state index contributed by atoms with van der Waals surface area (Å²) in [6, 6.07) is 0. The lowest BCUT2D eigenvalue weighted by Crippen LogP contribution is -2.51. The SMILES string of the molecule is CC(C)C(C(N)=O)C1(C(N)=O)CCCCC1. The van der Waals surface area contributed by atoms with Crippen LogP contribution in [-0.4, -0.2) is 11.8 Å². The third kappa shape index (κ3) is 2.20. The highest BCUT2D eigenvalue weighted by atomic mass is 16.2. The van der Waals surface area contributed by atoms with E-state index < -0.39 is 17.2 Å². The summed E-state index contributed by atoms with van der Waals surface area (Å²) in [5, 5.41) is 0. The van der Waals surface area contributed by atoms with Crippen molar-refractivity contribution in [1.82, 2.24) is 0 Å². The molecule has 0 aromatic rings. The second-order valence-electron chi connectivity index (χ2n) is 5.21. The van der Waals surface area contributed by atoms with Gasteiger partial charge in [0.1, 0.15) is 0 Å². The van der Waals surface area contributed by atoms with Crippen molar-refractivity contribution in [1.29, 1.82) is 0 Å². The average molecular weight is 226 g/mol. The Balaban J connectivity index is 3.07. The van der Waals surface area contributed by atoms with Crippen LogP contribution in [0.25, 0.3) is 0 Å². The summed E-state index contributed by atoms with van der Waals surface area (Å²) < 4.78 is 0. The lowest BCUT2D eigenvalue weighted by Gasteiger charge is -2.41. The molecule has 1 unspecified atom stereocenters. The van der Waals surface area contributed by atoms with E-state index in [0.29, 0.717) is 12.8 Å². The fraction of sp³-hybridized carbons (Fsp3) is 0.833. The Morgan fingerprint density at radius 1 is 1.06 bits per heavy atom. The molecule has 0 saturated heterocycles. The molecule has 0 radical (unpaired) electrons. The van der Waals surface area contributed by atoms with Crippen molar-refractivity contribution in [2.75, 3.05) is 0 Å². The molecule has 1 rings (SSSR count). The largest absolute Gasteiger partial charge is 0.369 e. The van der Waals surface area contributed by atoms with E-state index >= 15 is 0 Å². The smallest absolute Gasteiger partial charge is 0.224 e. The van der Waals surface area contributed by atoms with E-state index in [2.05, 4.69) is 0 Å². The van der Waals surface area contributed by atoms with Crippen LogP contribution in [0.1, 0.15) is 46.0 Å². The summed E-state index contributed by atoms with van der Waals surface area (Å²) >= 11 is 0. The second-order valence-corrected chi connectivity index (χ2v) is 5.21. The Bertz CT molecular complexity index is 281. The van der Waals surface area contributed by atoms with Gasteiger partial charge in [-0.15, -0.1) is 0 Å². The highest BCUT2D eigenvalue weighted by Crippen LogP contribution is 2.45. The third-order valence-electron chi connectivity index (χ3n) is 3.81. The first-order valence-electron chi connectivity index (χ1n) is 6.01. The lowest BCUT2D eigenvalue weighted by atomic mass is 9.62. The van der Waals surface area contributed by atoms with Crippen LogP contribution in [0, 0.1) is 17.3 Å². The summed E-state index contributed by atoms with van der Waals surface area (Å²) in [7, 11) is 0. The van der Waals surface area contributed by atoms with Gasteiger partial charge in [0.25, 0.3) is 0 Å². The molecule has 0 heterocycles. The van der Waals surface area contributed by atoms with Gasteiger partial charge in [-0.25, -0.2) is 0 Å². The molecule has 0 aromatic carbocycles. The van der Waals surface area contributed by atoms with Gasteiger partial charge in [0.2, 0.25) is 11.8 Å². The molecule has 1 aliphatic carbocycles. The topological polar surface area (TPSA) is 86.2 Å². The van der Waals surface area contributed by atoms with E-state index in [1.54, 1.807) is 0 Å². The fourth-order valence-corrected chi connectivity index (χ4v) is 3.13. The minimum absolute atomic E-state index is 0.0584. The van der Waals surface area contributed by atoms with E-state index in [-0.39, 0.29) is 11.8 Å². The highest BCUT2D eigenvalue weighted by molar-refractivity contribution is 5.89. The first-order valence-corrected chi connectivity index (χ1v) is 6.01. The van der Waals surface area contributed by atoms with Crippen molar-refractivity contribution in [2.45, 2.75) is 46.0 Å². The average Bonchev–Trinajstić information content (AvgIpc) is 2.17. The number of nitrogens with two attached hydrogens (primary N) is 2. The van der Waals surface area contributed by atoms with Crippen LogP contribution in [0.2, 0.25) is 0 Å². The molecular formula is C12H22N2O2. The predicted octanol–water partition coefficient (Wildman–Crippen LogP) is 1.18. The van der Waals surface area contributed by atoms with Crippen LogP contribution in [0.3, 0.4) is 0 Å². The first-order chi connectivity index (χ1) is 7.42. The quantitative estimate of drug-likeness (QED) is 0.754. The van der Waals surface area contributed by atoms with Gasteiger partial charge < -0.3 is 11.5 Å². The van der Waals surface area contributed by atoms with Crippen molar-refractivity contribution in [3.63, 3.8) is 0 Å². The molecule has 4 N–H and O–H groups in total. The Labute approximate surface area is 96.8 Å². The van der Waals surface area contributed by atoms with Crippen LogP contribution in [0.15, 0.2) is 0 Å². The molecule has 0 bridgehead atoms. The minimum atomic E-state index is -0.696. The molecular weight excluding hydrogens is 204 g/mol. The monoisotopic (exact) mass is 226 g/mol. The third-order valence-corrected chi connectivity index (χ3v) is 3.81. The van der Waals surface area contributed by atoms with Crippen molar-refractivity contribution in [3.05, 3.63) is 0 Å². The molecule has 1 fully saturated rings. The van der Waals surface area contributed by atoms with Crippen molar-refractivity contribution in [2.24, 2.45) is 28.7 Å². The number of hydrogen-bond acceptors (Lipinski definition) is 2. The number of hydrogen-bond donors (Lipinski definition) is 2. The van der Waals surface area contributed by atoms with Gasteiger partial charge in [-0.2, -0.15) is 0 Å². The number of primary amides is 2. The minimum Gasteiger partial charge on any atom is -0.369 e. The Morgan fingerprint density at radius 2 is 1.56 bits per heavy atom. The summed E-state index contributed by atoms with van der Waals surface area (Å²) in [5.41, 5.74) is 10.3. The zero-order valence-electron chi connectivity index (χ0n) is 10.2. The number of carbonyl (C=O) groups is 2. The molecule has 4 heteroatoms. The van der Waals surface area contributed by atoms with Crippen LogP contribution >= 0.6 is 0 Å².